The van der Waals surface area contributed by atoms with Crippen LogP contribution in [0.3, 0.4) is 0 Å². The van der Waals surface area contributed by atoms with Gasteiger partial charge >= 0.3 is 12.1 Å². The molecular formula is C9H11F3O2. The molecule has 0 spiro atoms. The van der Waals surface area contributed by atoms with Crippen LogP contribution in [0.15, 0.2) is 0 Å². The molecule has 14 heavy (non-hydrogen) atoms. The summed E-state index contributed by atoms with van der Waals surface area (Å²) in [6.07, 6.45) is -2.71. The molecular weight excluding hydrogens is 197 g/mol. The number of carboxylic acids is 1. The van der Waals surface area contributed by atoms with Gasteiger partial charge in [0.25, 0.3) is 0 Å². The molecule has 2 nitrogen and oxygen atoms in total. The molecule has 0 aliphatic heterocycles. The molecule has 2 bridgehead atoms. The van der Waals surface area contributed by atoms with Crippen molar-refractivity contribution in [3.05, 3.63) is 0 Å². The zero-order valence-corrected chi connectivity index (χ0v) is 7.42. The van der Waals surface area contributed by atoms with E-state index in [1.807, 2.05) is 0 Å². The molecule has 0 saturated heterocycles. The lowest BCUT2D eigenvalue weighted by atomic mass is 9.79. The second kappa shape index (κ2) is 2.87. The molecule has 2 fully saturated rings. The van der Waals surface area contributed by atoms with Crippen molar-refractivity contribution in [1.29, 1.82) is 0 Å². The van der Waals surface area contributed by atoms with Crippen LogP contribution in [0.1, 0.15) is 19.3 Å². The number of rotatable bonds is 1. The van der Waals surface area contributed by atoms with Crippen molar-refractivity contribution in [3.63, 3.8) is 0 Å². The molecule has 0 unspecified atom stereocenters. The van der Waals surface area contributed by atoms with Gasteiger partial charge in [-0.2, -0.15) is 13.2 Å². The molecule has 1 N–H and O–H groups in total. The fourth-order valence-corrected chi connectivity index (χ4v) is 3.12. The molecule has 2 rings (SSSR count). The molecule has 0 aromatic rings. The average molecular weight is 208 g/mol. The molecule has 5 heteroatoms. The first-order valence-corrected chi connectivity index (χ1v) is 4.71. The minimum Gasteiger partial charge on any atom is -0.481 e. The fraction of sp³-hybridized carbons (Fsp3) is 0.889. The maximum atomic E-state index is 12.6. The van der Waals surface area contributed by atoms with E-state index in [-0.39, 0.29) is 5.92 Å². The van der Waals surface area contributed by atoms with E-state index in [9.17, 15) is 18.0 Å². The van der Waals surface area contributed by atoms with Gasteiger partial charge in [0.2, 0.25) is 0 Å². The van der Waals surface area contributed by atoms with Gasteiger partial charge in [0.1, 0.15) is 0 Å². The summed E-state index contributed by atoms with van der Waals surface area (Å²) in [7, 11) is 0. The zero-order valence-electron chi connectivity index (χ0n) is 7.42. The van der Waals surface area contributed by atoms with Crippen LogP contribution in [-0.2, 0) is 4.79 Å². The van der Waals surface area contributed by atoms with Crippen LogP contribution < -0.4 is 0 Å². The van der Waals surface area contributed by atoms with Crippen molar-refractivity contribution >= 4 is 5.97 Å². The first-order chi connectivity index (χ1) is 6.41. The van der Waals surface area contributed by atoms with Crippen LogP contribution >= 0.6 is 0 Å². The Kier molecular flexibility index (Phi) is 2.01. The Hall–Kier alpha value is -0.740. The second-order valence-electron chi connectivity index (χ2n) is 4.26. The predicted molar refractivity (Wildman–Crippen MR) is 41.5 cm³/mol. The van der Waals surface area contributed by atoms with E-state index in [0.29, 0.717) is 19.3 Å². The van der Waals surface area contributed by atoms with Crippen LogP contribution in [0.4, 0.5) is 13.2 Å². The van der Waals surface area contributed by atoms with Crippen molar-refractivity contribution in [2.45, 2.75) is 25.4 Å². The van der Waals surface area contributed by atoms with E-state index in [4.69, 9.17) is 5.11 Å². The molecule has 0 amide bonds. The average Bonchev–Trinajstić information content (AvgIpc) is 2.58. The second-order valence-corrected chi connectivity index (χ2v) is 4.26. The monoisotopic (exact) mass is 208 g/mol. The van der Waals surface area contributed by atoms with E-state index in [1.165, 1.54) is 0 Å². The number of fused-ring (bicyclic) bond motifs is 2. The Morgan fingerprint density at radius 2 is 1.79 bits per heavy atom. The quantitative estimate of drug-likeness (QED) is 0.717. The number of hydrogen-bond donors (Lipinski definition) is 1. The SMILES string of the molecule is O=C(O)[C@H]1[C@H]2CC[C@H](C2)[C@@H]1C(F)(F)F. The van der Waals surface area contributed by atoms with Crippen LogP contribution in [0, 0.1) is 23.7 Å². The van der Waals surface area contributed by atoms with Crippen LogP contribution in [0.25, 0.3) is 0 Å². The zero-order chi connectivity index (χ0) is 10.5. The molecule has 0 radical (unpaired) electrons. The number of carboxylic acid groups (broad SMARTS) is 1. The van der Waals surface area contributed by atoms with Crippen molar-refractivity contribution in [2.75, 3.05) is 0 Å². The third-order valence-electron chi connectivity index (χ3n) is 3.58. The molecule has 0 heterocycles. The minimum atomic E-state index is -4.34. The summed E-state index contributed by atoms with van der Waals surface area (Å²) < 4.78 is 37.7. The standard InChI is InChI=1S/C9H11F3O2/c10-9(11,12)7-5-2-1-4(3-5)6(7)8(13)14/h4-7H,1-3H2,(H,13,14)/t4-,5+,6-,7-/m0/s1. The highest BCUT2D eigenvalue weighted by atomic mass is 19.4. The first-order valence-electron chi connectivity index (χ1n) is 4.71. The summed E-state index contributed by atoms with van der Waals surface area (Å²) in [6.45, 7) is 0. The van der Waals surface area contributed by atoms with Gasteiger partial charge in [-0.15, -0.1) is 0 Å². The molecule has 2 aliphatic carbocycles. The summed E-state index contributed by atoms with van der Waals surface area (Å²) in [5, 5.41) is 8.77. The lowest BCUT2D eigenvalue weighted by Gasteiger charge is -2.29. The number of hydrogen-bond acceptors (Lipinski definition) is 1. The molecule has 4 atom stereocenters. The smallest absolute Gasteiger partial charge is 0.392 e. The van der Waals surface area contributed by atoms with E-state index >= 15 is 0 Å². The summed E-state index contributed by atoms with van der Waals surface area (Å²) in [4.78, 5) is 10.7. The third-order valence-corrected chi connectivity index (χ3v) is 3.58. The summed E-state index contributed by atoms with van der Waals surface area (Å²) in [6, 6.07) is 0. The van der Waals surface area contributed by atoms with Crippen molar-refractivity contribution in [1.82, 2.24) is 0 Å². The van der Waals surface area contributed by atoms with E-state index in [0.717, 1.165) is 0 Å². The van der Waals surface area contributed by atoms with Crippen LogP contribution in [-0.4, -0.2) is 17.3 Å². The normalized spacial score (nSPS) is 41.6. The Morgan fingerprint density at radius 1 is 1.21 bits per heavy atom. The highest BCUT2D eigenvalue weighted by Crippen LogP contribution is 2.57. The van der Waals surface area contributed by atoms with Gasteiger partial charge in [0, 0.05) is 0 Å². The minimum absolute atomic E-state index is 0.246. The topological polar surface area (TPSA) is 37.3 Å². The van der Waals surface area contributed by atoms with Gasteiger partial charge in [-0.1, -0.05) is 0 Å². The number of halogens is 3. The lowest BCUT2D eigenvalue weighted by molar-refractivity contribution is -0.206. The fourth-order valence-electron chi connectivity index (χ4n) is 3.12. The van der Waals surface area contributed by atoms with Crippen molar-refractivity contribution < 1.29 is 23.1 Å². The number of aliphatic carboxylic acids is 1. The Balaban J connectivity index is 2.26. The molecule has 2 aliphatic rings. The van der Waals surface area contributed by atoms with E-state index in [2.05, 4.69) is 0 Å². The highest BCUT2D eigenvalue weighted by Gasteiger charge is 2.61. The Morgan fingerprint density at radius 3 is 2.21 bits per heavy atom. The van der Waals surface area contributed by atoms with Crippen LogP contribution in [0.5, 0.6) is 0 Å². The summed E-state index contributed by atoms with van der Waals surface area (Å²) in [5.41, 5.74) is 0. The third kappa shape index (κ3) is 1.29. The van der Waals surface area contributed by atoms with Crippen molar-refractivity contribution in [3.8, 4) is 0 Å². The van der Waals surface area contributed by atoms with Gasteiger partial charge in [-0.3, -0.25) is 4.79 Å². The predicted octanol–water partition coefficient (Wildman–Crippen LogP) is 2.30. The summed E-state index contributed by atoms with van der Waals surface area (Å²) >= 11 is 0. The molecule has 0 aromatic heterocycles. The van der Waals surface area contributed by atoms with Gasteiger partial charge < -0.3 is 5.11 Å². The Bertz CT molecular complexity index is 261. The maximum Gasteiger partial charge on any atom is 0.392 e. The van der Waals surface area contributed by atoms with Gasteiger partial charge in [-0.05, 0) is 31.1 Å². The van der Waals surface area contributed by atoms with Gasteiger partial charge in [0.15, 0.2) is 0 Å². The van der Waals surface area contributed by atoms with E-state index < -0.39 is 29.9 Å². The molecule has 0 aromatic carbocycles. The van der Waals surface area contributed by atoms with Gasteiger partial charge in [-0.25, -0.2) is 0 Å². The summed E-state index contributed by atoms with van der Waals surface area (Å²) in [5.74, 6) is -4.75. The van der Waals surface area contributed by atoms with Crippen molar-refractivity contribution in [2.24, 2.45) is 23.7 Å². The molecule has 80 valence electrons. The lowest BCUT2D eigenvalue weighted by Crippen LogP contribution is -2.39. The first kappa shape index (κ1) is 9.80. The number of carbonyl (C=O) groups is 1. The number of alkyl halides is 3. The van der Waals surface area contributed by atoms with Crippen LogP contribution in [0.2, 0.25) is 0 Å². The van der Waals surface area contributed by atoms with Gasteiger partial charge in [0.05, 0.1) is 11.8 Å². The van der Waals surface area contributed by atoms with E-state index in [1.54, 1.807) is 0 Å². The largest absolute Gasteiger partial charge is 0.481 e. The maximum absolute atomic E-state index is 12.6. The molecule has 2 saturated carbocycles. The highest BCUT2D eigenvalue weighted by molar-refractivity contribution is 5.71. The Labute approximate surface area is 79.1 Å².